The van der Waals surface area contributed by atoms with Gasteiger partial charge >= 0.3 is 0 Å². The Labute approximate surface area is 165 Å². The first-order valence-corrected chi connectivity index (χ1v) is 10.5. The molecule has 3 heterocycles. The number of carbonyl (C=O) groups excluding carboxylic acids is 2. The summed E-state index contributed by atoms with van der Waals surface area (Å²) in [4.78, 5) is 24.9. The molecule has 0 aromatic heterocycles. The molecule has 2 atom stereocenters. The fourth-order valence-corrected chi connectivity index (χ4v) is 6.14. The molecule has 0 spiro atoms. The van der Waals surface area contributed by atoms with Gasteiger partial charge in [-0.25, -0.2) is 12.7 Å². The van der Waals surface area contributed by atoms with Gasteiger partial charge in [-0.1, -0.05) is 0 Å². The third-order valence-corrected chi connectivity index (χ3v) is 7.49. The van der Waals surface area contributed by atoms with Crippen LogP contribution in [0.1, 0.15) is 60.2 Å². The number of piperidine rings is 1. The lowest BCUT2D eigenvalue weighted by Crippen LogP contribution is -2.48. The van der Waals surface area contributed by atoms with Crippen LogP contribution >= 0.6 is 12.4 Å². The van der Waals surface area contributed by atoms with Crippen molar-refractivity contribution < 1.29 is 18.0 Å². The van der Waals surface area contributed by atoms with E-state index in [9.17, 15) is 18.0 Å². The molecule has 2 amide bonds. The number of nitrogens with one attached hydrogen (secondary N) is 2. The highest BCUT2D eigenvalue weighted by Crippen LogP contribution is 2.33. The minimum Gasteiger partial charge on any atom is -0.349 e. The van der Waals surface area contributed by atoms with Crippen LogP contribution in [-0.4, -0.2) is 48.7 Å². The predicted molar refractivity (Wildman–Crippen MR) is 103 cm³/mol. The van der Waals surface area contributed by atoms with Crippen LogP contribution in [0, 0.1) is 0 Å². The highest BCUT2D eigenvalue weighted by atomic mass is 35.5. The number of sulfonamides is 1. The molecule has 3 aliphatic heterocycles. The first-order chi connectivity index (χ1) is 12.3. The van der Waals surface area contributed by atoms with Gasteiger partial charge in [-0.05, 0) is 57.7 Å². The summed E-state index contributed by atoms with van der Waals surface area (Å²) in [6.07, 6.45) is 4.07. The molecule has 0 aliphatic carbocycles. The van der Waals surface area contributed by atoms with Gasteiger partial charge in [0.15, 0.2) is 0 Å². The molecule has 9 heteroatoms. The molecule has 148 valence electrons. The van der Waals surface area contributed by atoms with Crippen molar-refractivity contribution in [1.82, 2.24) is 14.9 Å². The third-order valence-electron chi connectivity index (χ3n) is 5.49. The highest BCUT2D eigenvalue weighted by Gasteiger charge is 2.43. The van der Waals surface area contributed by atoms with Crippen molar-refractivity contribution in [2.45, 2.75) is 68.6 Å². The van der Waals surface area contributed by atoms with E-state index in [-0.39, 0.29) is 40.4 Å². The Hall–Kier alpha value is -1.64. The van der Waals surface area contributed by atoms with E-state index in [0.29, 0.717) is 12.1 Å². The number of fused-ring (bicyclic) bond motifs is 3. The van der Waals surface area contributed by atoms with E-state index in [4.69, 9.17) is 0 Å². The molecule has 2 unspecified atom stereocenters. The summed E-state index contributed by atoms with van der Waals surface area (Å²) in [6, 6.07) is 4.84. The molecule has 4 rings (SSSR count). The van der Waals surface area contributed by atoms with Gasteiger partial charge < -0.3 is 10.6 Å². The number of rotatable bonds is 3. The molecule has 2 N–H and O–H groups in total. The molecule has 1 aromatic rings. The first-order valence-electron chi connectivity index (χ1n) is 9.07. The van der Waals surface area contributed by atoms with Gasteiger partial charge in [0.1, 0.15) is 4.90 Å². The second-order valence-corrected chi connectivity index (χ2v) is 9.47. The molecule has 0 saturated carbocycles. The molecule has 7 nitrogen and oxygen atoms in total. The maximum absolute atomic E-state index is 12.7. The first kappa shape index (κ1) is 20.1. The van der Waals surface area contributed by atoms with Gasteiger partial charge in [-0.15, -0.1) is 12.4 Å². The number of hydrogen-bond donors (Lipinski definition) is 2. The van der Waals surface area contributed by atoms with E-state index < -0.39 is 22.0 Å². The van der Waals surface area contributed by atoms with E-state index in [2.05, 4.69) is 10.6 Å². The Bertz CT molecular complexity index is 875. The number of halogens is 1. The molecule has 3 aliphatic rings. The molecule has 2 fully saturated rings. The lowest BCUT2D eigenvalue weighted by atomic mass is 9.99. The van der Waals surface area contributed by atoms with Crippen molar-refractivity contribution in [2.75, 3.05) is 0 Å². The van der Waals surface area contributed by atoms with Gasteiger partial charge in [-0.3, -0.25) is 9.59 Å². The van der Waals surface area contributed by atoms with Crippen LogP contribution in [0.2, 0.25) is 0 Å². The second kappa shape index (κ2) is 7.07. The van der Waals surface area contributed by atoms with Gasteiger partial charge in [0.2, 0.25) is 0 Å². The lowest BCUT2D eigenvalue weighted by molar-refractivity contribution is 0.0844. The number of amides is 2. The average molecular weight is 414 g/mol. The van der Waals surface area contributed by atoms with E-state index in [1.165, 1.54) is 18.2 Å². The Morgan fingerprint density at radius 1 is 1.22 bits per heavy atom. The highest BCUT2D eigenvalue weighted by molar-refractivity contribution is 7.90. The lowest BCUT2D eigenvalue weighted by Gasteiger charge is -2.29. The van der Waals surface area contributed by atoms with Crippen LogP contribution < -0.4 is 10.6 Å². The average Bonchev–Trinajstić information content (AvgIpc) is 3.01. The molecule has 0 radical (unpaired) electrons. The minimum absolute atomic E-state index is 0. The van der Waals surface area contributed by atoms with Crippen LogP contribution in [0.5, 0.6) is 0 Å². The quantitative estimate of drug-likeness (QED) is 0.785. The molecular formula is C18H24ClN3O4S. The van der Waals surface area contributed by atoms with Gasteiger partial charge in [0.25, 0.3) is 21.8 Å². The molecule has 27 heavy (non-hydrogen) atoms. The standard InChI is InChI=1S/C18H23N3O4S.ClH/c1-10(2)21-18(23)15-6-3-11(7-16(15)26(21,24)25)17(22)20-14-8-12-4-5-13(9-14)19-12;/h3,6-7,10,12-14,19H,4-5,8-9H2,1-2H3,(H,20,22);1H. The van der Waals surface area contributed by atoms with Crippen LogP contribution in [0.4, 0.5) is 0 Å². The largest absolute Gasteiger partial charge is 0.349 e. The van der Waals surface area contributed by atoms with Crippen molar-refractivity contribution in [1.29, 1.82) is 0 Å². The van der Waals surface area contributed by atoms with E-state index >= 15 is 0 Å². The maximum Gasteiger partial charge on any atom is 0.269 e. The number of hydrogen-bond acceptors (Lipinski definition) is 5. The Balaban J connectivity index is 0.00000210. The Kier molecular flexibility index (Phi) is 5.26. The molecular weight excluding hydrogens is 390 g/mol. The summed E-state index contributed by atoms with van der Waals surface area (Å²) in [5.74, 6) is -0.818. The van der Waals surface area contributed by atoms with E-state index in [1.807, 2.05) is 0 Å². The van der Waals surface area contributed by atoms with E-state index in [1.54, 1.807) is 13.8 Å². The minimum atomic E-state index is -3.90. The number of benzene rings is 1. The van der Waals surface area contributed by atoms with Crippen LogP contribution in [0.25, 0.3) is 0 Å². The fraction of sp³-hybridized carbons (Fsp3) is 0.556. The summed E-state index contributed by atoms with van der Waals surface area (Å²) >= 11 is 0. The number of carbonyl (C=O) groups is 2. The van der Waals surface area contributed by atoms with Gasteiger partial charge in [0, 0.05) is 29.7 Å². The summed E-state index contributed by atoms with van der Waals surface area (Å²) < 4.78 is 26.2. The van der Waals surface area contributed by atoms with Crippen LogP contribution in [0.15, 0.2) is 23.1 Å². The van der Waals surface area contributed by atoms with Crippen molar-refractivity contribution in [3.63, 3.8) is 0 Å². The zero-order valence-electron chi connectivity index (χ0n) is 15.3. The van der Waals surface area contributed by atoms with Crippen molar-refractivity contribution in [3.05, 3.63) is 29.3 Å². The van der Waals surface area contributed by atoms with E-state index in [0.717, 1.165) is 30.0 Å². The smallest absolute Gasteiger partial charge is 0.269 e. The van der Waals surface area contributed by atoms with Crippen molar-refractivity contribution >= 4 is 34.2 Å². The summed E-state index contributed by atoms with van der Waals surface area (Å²) in [5, 5.41) is 6.55. The summed E-state index contributed by atoms with van der Waals surface area (Å²) in [6.45, 7) is 3.31. The number of nitrogens with zero attached hydrogens (tertiary/aromatic N) is 1. The van der Waals surface area contributed by atoms with Gasteiger partial charge in [-0.2, -0.15) is 0 Å². The van der Waals surface area contributed by atoms with Crippen LogP contribution in [0.3, 0.4) is 0 Å². The topological polar surface area (TPSA) is 95.6 Å². The van der Waals surface area contributed by atoms with Gasteiger partial charge in [0.05, 0.1) is 5.56 Å². The fourth-order valence-electron chi connectivity index (χ4n) is 4.34. The van der Waals surface area contributed by atoms with Crippen LogP contribution in [-0.2, 0) is 10.0 Å². The Morgan fingerprint density at radius 2 is 1.85 bits per heavy atom. The maximum atomic E-state index is 12.7. The Morgan fingerprint density at radius 3 is 2.44 bits per heavy atom. The van der Waals surface area contributed by atoms with Crippen molar-refractivity contribution in [3.8, 4) is 0 Å². The second-order valence-electron chi connectivity index (χ2n) is 7.69. The summed E-state index contributed by atoms with van der Waals surface area (Å²) in [7, 11) is -3.90. The SMILES string of the molecule is CC(C)N1C(=O)c2ccc(C(=O)NC3CC4CCC(C3)N4)cc2S1(=O)=O.Cl. The molecule has 1 aromatic carbocycles. The molecule has 2 bridgehead atoms. The third kappa shape index (κ3) is 3.34. The van der Waals surface area contributed by atoms with Crippen molar-refractivity contribution in [2.24, 2.45) is 0 Å². The monoisotopic (exact) mass is 413 g/mol. The normalized spacial score (nSPS) is 28.0. The summed E-state index contributed by atoms with van der Waals surface area (Å²) in [5.41, 5.74) is 0.409. The zero-order chi connectivity index (χ0) is 18.6. The zero-order valence-corrected chi connectivity index (χ0v) is 16.9. The predicted octanol–water partition coefficient (Wildman–Crippen LogP) is 1.67. The molecule has 2 saturated heterocycles.